The largest absolute Gasteiger partial charge is 0.368 e. The maximum Gasteiger partial charge on any atom is 0.146 e. The molecule has 1 aliphatic heterocycles. The second-order valence-corrected chi connectivity index (χ2v) is 6.21. The molecule has 1 aromatic rings. The van der Waals surface area contributed by atoms with Crippen LogP contribution >= 0.6 is 0 Å². The minimum atomic E-state index is -0.113. The Bertz CT molecular complexity index is 442. The van der Waals surface area contributed by atoms with Gasteiger partial charge in [0.2, 0.25) is 0 Å². The summed E-state index contributed by atoms with van der Waals surface area (Å²) in [5.41, 5.74) is 1.90. The summed E-state index contributed by atoms with van der Waals surface area (Å²) in [6.07, 6.45) is 2.19. The summed E-state index contributed by atoms with van der Waals surface area (Å²) in [6.45, 7) is 6.60. The van der Waals surface area contributed by atoms with Gasteiger partial charge in [-0.25, -0.2) is 4.39 Å². The highest BCUT2D eigenvalue weighted by Gasteiger charge is 2.14. The Balaban J connectivity index is 1.88. The summed E-state index contributed by atoms with van der Waals surface area (Å²) in [7, 11) is 4.17. The van der Waals surface area contributed by atoms with Gasteiger partial charge >= 0.3 is 0 Å². The van der Waals surface area contributed by atoms with Crippen LogP contribution in [0.15, 0.2) is 18.2 Å². The summed E-state index contributed by atoms with van der Waals surface area (Å²) in [6, 6.07) is 5.48. The van der Waals surface area contributed by atoms with E-state index in [9.17, 15) is 4.39 Å². The number of nitrogens with zero attached hydrogens (tertiary/aromatic N) is 2. The molecule has 1 aliphatic rings. The third-order valence-corrected chi connectivity index (χ3v) is 3.98. The minimum absolute atomic E-state index is 0.113. The molecule has 4 nitrogen and oxygen atoms in total. The molecule has 0 bridgehead atoms. The number of hydrogen-bond donors (Lipinski definition) is 2. The highest BCUT2D eigenvalue weighted by molar-refractivity contribution is 5.50. The molecule has 5 heteroatoms. The van der Waals surface area contributed by atoms with E-state index in [0.717, 1.165) is 69.9 Å². The molecule has 0 saturated carbocycles. The zero-order valence-electron chi connectivity index (χ0n) is 13.9. The number of hydrogen-bond acceptors (Lipinski definition) is 4. The molecule has 1 fully saturated rings. The second kappa shape index (κ2) is 9.08. The van der Waals surface area contributed by atoms with Crippen LogP contribution in [-0.2, 0) is 6.54 Å². The first-order valence-corrected chi connectivity index (χ1v) is 8.26. The van der Waals surface area contributed by atoms with Crippen molar-refractivity contribution in [3.63, 3.8) is 0 Å². The van der Waals surface area contributed by atoms with Crippen molar-refractivity contribution in [2.45, 2.75) is 19.4 Å². The average molecular weight is 308 g/mol. The van der Waals surface area contributed by atoms with Gasteiger partial charge in [-0.2, -0.15) is 0 Å². The molecule has 0 spiro atoms. The molecule has 0 aliphatic carbocycles. The zero-order chi connectivity index (χ0) is 15.8. The van der Waals surface area contributed by atoms with Gasteiger partial charge < -0.3 is 20.4 Å². The van der Waals surface area contributed by atoms with Gasteiger partial charge in [-0.3, -0.25) is 0 Å². The Hall–Kier alpha value is -1.17. The lowest BCUT2D eigenvalue weighted by molar-refractivity contribution is 0.394. The molecule has 0 amide bonds. The van der Waals surface area contributed by atoms with E-state index in [1.165, 1.54) is 0 Å². The lowest BCUT2D eigenvalue weighted by Gasteiger charge is -2.23. The van der Waals surface area contributed by atoms with E-state index >= 15 is 0 Å². The van der Waals surface area contributed by atoms with E-state index in [2.05, 4.69) is 34.5 Å². The third kappa shape index (κ3) is 5.55. The molecular weight excluding hydrogens is 279 g/mol. The molecule has 124 valence electrons. The van der Waals surface area contributed by atoms with Crippen molar-refractivity contribution in [3.05, 3.63) is 29.6 Å². The van der Waals surface area contributed by atoms with Crippen LogP contribution in [0.4, 0.5) is 10.1 Å². The van der Waals surface area contributed by atoms with Gasteiger partial charge in [-0.1, -0.05) is 6.07 Å². The molecule has 1 aromatic carbocycles. The molecule has 0 aromatic heterocycles. The first kappa shape index (κ1) is 17.2. The maximum atomic E-state index is 14.1. The Morgan fingerprint density at radius 3 is 2.95 bits per heavy atom. The number of nitrogens with one attached hydrogen (secondary N) is 2. The van der Waals surface area contributed by atoms with Gasteiger partial charge in [0.25, 0.3) is 0 Å². The van der Waals surface area contributed by atoms with Crippen LogP contribution in [-0.4, -0.2) is 58.3 Å². The Kier molecular flexibility index (Phi) is 7.09. The first-order chi connectivity index (χ1) is 10.7. The van der Waals surface area contributed by atoms with Gasteiger partial charge in [0.1, 0.15) is 5.82 Å². The summed E-state index contributed by atoms with van der Waals surface area (Å²) < 4.78 is 14.1. The van der Waals surface area contributed by atoms with Crippen LogP contribution in [0.3, 0.4) is 0 Å². The standard InChI is InChI=1S/C17H29FN4/c1-21(2)10-3-8-20-14-15-5-6-16(18)17(13-15)22-11-4-7-19-9-12-22/h5-6,13,19-20H,3-4,7-12,14H2,1-2H3. The van der Waals surface area contributed by atoms with Gasteiger partial charge in [-0.05, 0) is 64.3 Å². The molecule has 2 N–H and O–H groups in total. The molecule has 0 radical (unpaired) electrons. The van der Waals surface area contributed by atoms with Crippen LogP contribution in [0.2, 0.25) is 0 Å². The molecule has 1 heterocycles. The zero-order valence-corrected chi connectivity index (χ0v) is 13.9. The van der Waals surface area contributed by atoms with Gasteiger partial charge in [-0.15, -0.1) is 0 Å². The van der Waals surface area contributed by atoms with Crippen molar-refractivity contribution in [1.29, 1.82) is 0 Å². The summed E-state index contributed by atoms with van der Waals surface area (Å²) in [5.74, 6) is -0.113. The summed E-state index contributed by atoms with van der Waals surface area (Å²) in [5, 5.41) is 6.80. The van der Waals surface area contributed by atoms with Gasteiger partial charge in [0, 0.05) is 26.2 Å². The fraction of sp³-hybridized carbons (Fsp3) is 0.647. The van der Waals surface area contributed by atoms with Crippen molar-refractivity contribution in [2.75, 3.05) is 58.3 Å². The average Bonchev–Trinajstić information content (AvgIpc) is 2.77. The van der Waals surface area contributed by atoms with Crippen molar-refractivity contribution < 1.29 is 4.39 Å². The highest BCUT2D eigenvalue weighted by Crippen LogP contribution is 2.21. The number of halogens is 1. The summed E-state index contributed by atoms with van der Waals surface area (Å²) in [4.78, 5) is 4.34. The van der Waals surface area contributed by atoms with E-state index < -0.39 is 0 Å². The van der Waals surface area contributed by atoms with Crippen LogP contribution in [0.25, 0.3) is 0 Å². The van der Waals surface area contributed by atoms with E-state index in [0.29, 0.717) is 0 Å². The quantitative estimate of drug-likeness (QED) is 0.750. The first-order valence-electron chi connectivity index (χ1n) is 8.26. The molecule has 0 atom stereocenters. The van der Waals surface area contributed by atoms with Gasteiger partial charge in [0.05, 0.1) is 5.69 Å². The number of benzene rings is 1. The highest BCUT2D eigenvalue weighted by atomic mass is 19.1. The van der Waals surface area contributed by atoms with E-state index in [1.54, 1.807) is 6.07 Å². The topological polar surface area (TPSA) is 30.5 Å². The lowest BCUT2D eigenvalue weighted by atomic mass is 10.1. The van der Waals surface area contributed by atoms with E-state index in [1.807, 2.05) is 12.1 Å². The lowest BCUT2D eigenvalue weighted by Crippen LogP contribution is -2.28. The molecule has 1 saturated heterocycles. The normalized spacial score (nSPS) is 16.1. The number of anilines is 1. The van der Waals surface area contributed by atoms with Crippen molar-refractivity contribution >= 4 is 5.69 Å². The van der Waals surface area contributed by atoms with Gasteiger partial charge in [0.15, 0.2) is 0 Å². The van der Waals surface area contributed by atoms with Crippen LogP contribution in [0.5, 0.6) is 0 Å². The molecular formula is C17H29FN4. The third-order valence-electron chi connectivity index (χ3n) is 3.98. The fourth-order valence-corrected chi connectivity index (χ4v) is 2.75. The minimum Gasteiger partial charge on any atom is -0.368 e. The Morgan fingerprint density at radius 1 is 1.27 bits per heavy atom. The molecule has 2 rings (SSSR count). The van der Waals surface area contributed by atoms with E-state index in [-0.39, 0.29) is 5.82 Å². The summed E-state index contributed by atoms with van der Waals surface area (Å²) >= 11 is 0. The Labute approximate surface area is 133 Å². The van der Waals surface area contributed by atoms with Crippen LogP contribution in [0.1, 0.15) is 18.4 Å². The van der Waals surface area contributed by atoms with Crippen molar-refractivity contribution in [1.82, 2.24) is 15.5 Å². The van der Waals surface area contributed by atoms with Crippen molar-refractivity contribution in [2.24, 2.45) is 0 Å². The number of rotatable bonds is 7. The smallest absolute Gasteiger partial charge is 0.146 e. The van der Waals surface area contributed by atoms with Crippen molar-refractivity contribution in [3.8, 4) is 0 Å². The molecule has 22 heavy (non-hydrogen) atoms. The maximum absolute atomic E-state index is 14.1. The Morgan fingerprint density at radius 2 is 2.14 bits per heavy atom. The van der Waals surface area contributed by atoms with E-state index in [4.69, 9.17) is 0 Å². The second-order valence-electron chi connectivity index (χ2n) is 6.21. The fourth-order valence-electron chi connectivity index (χ4n) is 2.75. The van der Waals surface area contributed by atoms with Crippen LogP contribution in [0, 0.1) is 5.82 Å². The monoisotopic (exact) mass is 308 g/mol. The molecule has 0 unspecified atom stereocenters. The predicted octanol–water partition coefficient (Wildman–Crippen LogP) is 1.67. The van der Waals surface area contributed by atoms with Crippen LogP contribution < -0.4 is 15.5 Å². The predicted molar refractivity (Wildman–Crippen MR) is 91.0 cm³/mol. The SMILES string of the molecule is CN(C)CCCNCc1ccc(F)c(N2CCCNCC2)c1.